The minimum absolute atomic E-state index is 0.0189. The van der Waals surface area contributed by atoms with Crippen LogP contribution in [0.1, 0.15) is 10.4 Å². The largest absolute Gasteiger partial charge is 0.505 e. The number of aldehydes is 1. The Morgan fingerprint density at radius 3 is 2.52 bits per heavy atom. The van der Waals surface area contributed by atoms with Crippen LogP contribution in [0.15, 0.2) is 58.8 Å². The van der Waals surface area contributed by atoms with Gasteiger partial charge in [0.2, 0.25) is 0 Å². The third-order valence-corrected chi connectivity index (χ3v) is 3.79. The zero-order valence-corrected chi connectivity index (χ0v) is 13.3. The van der Waals surface area contributed by atoms with Crippen molar-refractivity contribution in [2.24, 2.45) is 10.2 Å². The minimum Gasteiger partial charge on any atom is -0.505 e. The summed E-state index contributed by atoms with van der Waals surface area (Å²) in [6.07, 6.45) is 0.529. The lowest BCUT2D eigenvalue weighted by atomic mass is 10.0. The van der Waals surface area contributed by atoms with Crippen molar-refractivity contribution in [3.8, 4) is 5.75 Å². The molecule has 0 atom stereocenters. The molecule has 0 fully saturated rings. The van der Waals surface area contributed by atoms with Gasteiger partial charge >= 0.3 is 0 Å². The van der Waals surface area contributed by atoms with Crippen LogP contribution in [0.5, 0.6) is 5.75 Å². The summed E-state index contributed by atoms with van der Waals surface area (Å²) in [6.45, 7) is 0. The molecule has 0 amide bonds. The number of phenols is 1. The van der Waals surface area contributed by atoms with E-state index in [4.69, 9.17) is 11.6 Å². The monoisotopic (exact) mass is 355 g/mol. The van der Waals surface area contributed by atoms with Crippen LogP contribution < -0.4 is 0 Å². The fourth-order valence-corrected chi connectivity index (χ4v) is 2.55. The Morgan fingerprint density at radius 2 is 1.80 bits per heavy atom. The molecule has 124 valence electrons. The van der Waals surface area contributed by atoms with Crippen LogP contribution in [0.25, 0.3) is 10.8 Å². The van der Waals surface area contributed by atoms with Crippen molar-refractivity contribution >= 4 is 45.7 Å². The topological polar surface area (TPSA) is 105 Å². The van der Waals surface area contributed by atoms with Crippen LogP contribution in [-0.2, 0) is 0 Å². The summed E-state index contributed by atoms with van der Waals surface area (Å²) in [5.41, 5.74) is -0.218. The number of hydrogen-bond donors (Lipinski definition) is 1. The molecule has 0 aromatic heterocycles. The molecule has 0 spiro atoms. The molecule has 0 radical (unpaired) electrons. The number of azo groups is 1. The smallest absolute Gasteiger partial charge is 0.298 e. The predicted molar refractivity (Wildman–Crippen MR) is 93.3 cm³/mol. The Labute approximate surface area is 146 Å². The molecule has 0 unspecified atom stereocenters. The standard InChI is InChI=1S/C17H10ClN3O4/c18-11-5-6-14(16(8-11)21(24)25)19-20-15-7-10-3-1-2-4-12(10)13(9-22)17(15)23/h1-9,23H. The van der Waals surface area contributed by atoms with Gasteiger partial charge in [-0.1, -0.05) is 35.9 Å². The quantitative estimate of drug-likeness (QED) is 0.295. The van der Waals surface area contributed by atoms with Crippen molar-refractivity contribution in [3.63, 3.8) is 0 Å². The van der Waals surface area contributed by atoms with E-state index in [-0.39, 0.29) is 33.4 Å². The molecule has 25 heavy (non-hydrogen) atoms. The number of rotatable bonds is 4. The maximum atomic E-state index is 11.3. The number of hydrogen-bond acceptors (Lipinski definition) is 6. The van der Waals surface area contributed by atoms with Gasteiger partial charge in [-0.05, 0) is 29.0 Å². The first kappa shape index (κ1) is 16.5. The Kier molecular flexibility index (Phi) is 4.40. The Morgan fingerprint density at radius 1 is 1.08 bits per heavy atom. The van der Waals surface area contributed by atoms with Gasteiger partial charge in [0.1, 0.15) is 5.69 Å². The molecule has 8 heteroatoms. The van der Waals surface area contributed by atoms with E-state index in [9.17, 15) is 20.0 Å². The van der Waals surface area contributed by atoms with Gasteiger partial charge in [-0.15, -0.1) is 10.2 Å². The number of carbonyl (C=O) groups is 1. The number of aromatic hydroxyl groups is 1. The van der Waals surface area contributed by atoms with Crippen molar-refractivity contribution in [1.29, 1.82) is 0 Å². The summed E-state index contributed by atoms with van der Waals surface area (Å²) in [5.74, 6) is -0.339. The molecule has 0 bridgehead atoms. The molecular weight excluding hydrogens is 346 g/mol. The number of nitrogens with zero attached hydrogens (tertiary/aromatic N) is 3. The highest BCUT2D eigenvalue weighted by atomic mass is 35.5. The summed E-state index contributed by atoms with van der Waals surface area (Å²) in [5, 5.41) is 30.5. The van der Waals surface area contributed by atoms with Gasteiger partial charge in [-0.25, -0.2) is 0 Å². The van der Waals surface area contributed by atoms with Gasteiger partial charge in [-0.3, -0.25) is 14.9 Å². The van der Waals surface area contributed by atoms with E-state index in [1.807, 2.05) is 0 Å². The normalized spacial score (nSPS) is 11.1. The first-order chi connectivity index (χ1) is 12.0. The Balaban J connectivity index is 2.13. The van der Waals surface area contributed by atoms with Gasteiger partial charge in [0.25, 0.3) is 5.69 Å². The number of benzene rings is 3. The van der Waals surface area contributed by atoms with Crippen molar-refractivity contribution in [3.05, 3.63) is 69.2 Å². The van der Waals surface area contributed by atoms with Crippen LogP contribution >= 0.6 is 11.6 Å². The van der Waals surface area contributed by atoms with Crippen LogP contribution in [0.2, 0.25) is 5.02 Å². The highest BCUT2D eigenvalue weighted by molar-refractivity contribution is 6.30. The summed E-state index contributed by atoms with van der Waals surface area (Å²) >= 11 is 5.75. The van der Waals surface area contributed by atoms with Crippen molar-refractivity contribution in [1.82, 2.24) is 0 Å². The average molecular weight is 356 g/mol. The number of nitro benzene ring substituents is 1. The summed E-state index contributed by atoms with van der Waals surface area (Å²) in [7, 11) is 0. The van der Waals surface area contributed by atoms with E-state index in [0.717, 1.165) is 6.07 Å². The number of halogens is 1. The lowest BCUT2D eigenvalue weighted by molar-refractivity contribution is -0.384. The Bertz CT molecular complexity index is 1030. The molecule has 1 N–H and O–H groups in total. The highest BCUT2D eigenvalue weighted by Crippen LogP contribution is 2.38. The average Bonchev–Trinajstić information content (AvgIpc) is 2.60. The van der Waals surface area contributed by atoms with Crippen LogP contribution in [0, 0.1) is 10.1 Å². The predicted octanol–water partition coefficient (Wildman–Crippen LogP) is 5.33. The number of carbonyl (C=O) groups excluding carboxylic acids is 1. The maximum Gasteiger partial charge on any atom is 0.298 e. The SMILES string of the molecule is O=Cc1c(O)c(N=Nc2ccc(Cl)cc2[N+](=O)[O-])cc2ccccc12. The van der Waals surface area contributed by atoms with E-state index in [0.29, 0.717) is 17.1 Å². The van der Waals surface area contributed by atoms with Gasteiger partial charge in [0.05, 0.1) is 10.5 Å². The first-order valence-corrected chi connectivity index (χ1v) is 7.44. The minimum atomic E-state index is -0.628. The first-order valence-electron chi connectivity index (χ1n) is 7.07. The number of fused-ring (bicyclic) bond motifs is 1. The molecule has 0 aliphatic rings. The second-order valence-corrected chi connectivity index (χ2v) is 5.52. The van der Waals surface area contributed by atoms with Crippen LogP contribution in [0.3, 0.4) is 0 Å². The lowest BCUT2D eigenvalue weighted by Gasteiger charge is -2.06. The zero-order chi connectivity index (χ0) is 18.0. The van der Waals surface area contributed by atoms with Gasteiger partial charge in [0.15, 0.2) is 17.7 Å². The molecule has 3 aromatic carbocycles. The van der Waals surface area contributed by atoms with Gasteiger partial charge < -0.3 is 5.11 Å². The second kappa shape index (κ2) is 6.66. The third kappa shape index (κ3) is 3.17. The van der Waals surface area contributed by atoms with E-state index in [2.05, 4.69) is 10.2 Å². The van der Waals surface area contributed by atoms with E-state index in [1.165, 1.54) is 12.1 Å². The van der Waals surface area contributed by atoms with E-state index < -0.39 is 4.92 Å². The fraction of sp³-hybridized carbons (Fsp3) is 0. The summed E-state index contributed by atoms with van der Waals surface area (Å²) in [6, 6.07) is 12.5. The Hall–Kier alpha value is -3.32. The number of nitro groups is 1. The molecular formula is C17H10ClN3O4. The van der Waals surface area contributed by atoms with E-state index in [1.54, 1.807) is 30.3 Å². The number of phenolic OH excluding ortho intramolecular Hbond substituents is 1. The summed E-state index contributed by atoms with van der Waals surface area (Å²) in [4.78, 5) is 21.8. The molecule has 0 heterocycles. The second-order valence-electron chi connectivity index (χ2n) is 5.09. The molecule has 0 saturated carbocycles. The van der Waals surface area contributed by atoms with E-state index >= 15 is 0 Å². The molecule has 3 rings (SSSR count). The van der Waals surface area contributed by atoms with Crippen molar-refractivity contribution < 1.29 is 14.8 Å². The molecule has 0 aliphatic heterocycles. The molecule has 3 aromatic rings. The van der Waals surface area contributed by atoms with Crippen LogP contribution in [0.4, 0.5) is 17.1 Å². The van der Waals surface area contributed by atoms with Gasteiger partial charge in [0, 0.05) is 11.1 Å². The van der Waals surface area contributed by atoms with Crippen LogP contribution in [-0.4, -0.2) is 16.3 Å². The maximum absolute atomic E-state index is 11.3. The fourth-order valence-electron chi connectivity index (χ4n) is 2.38. The van der Waals surface area contributed by atoms with Crippen molar-refractivity contribution in [2.45, 2.75) is 0 Å². The molecule has 7 nitrogen and oxygen atoms in total. The molecule has 0 aliphatic carbocycles. The van der Waals surface area contributed by atoms with Crippen molar-refractivity contribution in [2.75, 3.05) is 0 Å². The summed E-state index contributed by atoms with van der Waals surface area (Å²) < 4.78 is 0. The molecule has 0 saturated heterocycles. The lowest BCUT2D eigenvalue weighted by Crippen LogP contribution is -1.88. The highest BCUT2D eigenvalue weighted by Gasteiger charge is 2.15. The zero-order valence-electron chi connectivity index (χ0n) is 12.6. The van der Waals surface area contributed by atoms with Gasteiger partial charge in [-0.2, -0.15) is 0 Å². The third-order valence-electron chi connectivity index (χ3n) is 3.56.